The molecule has 0 saturated heterocycles. The molecule has 2 aromatic rings. The first kappa shape index (κ1) is 16.4. The van der Waals surface area contributed by atoms with E-state index in [0.29, 0.717) is 13.0 Å². The maximum atomic E-state index is 12.2. The Balaban J connectivity index is 1.98. The fraction of sp³-hybridized carbons (Fsp3) is 0.235. The fourth-order valence-corrected chi connectivity index (χ4v) is 2.79. The van der Waals surface area contributed by atoms with Gasteiger partial charge in [-0.1, -0.05) is 29.8 Å². The summed E-state index contributed by atoms with van der Waals surface area (Å²) in [5, 5.41) is 1.25. The van der Waals surface area contributed by atoms with Crippen molar-refractivity contribution >= 4 is 16.1 Å². The molecule has 0 aliphatic heterocycles. The zero-order valence-corrected chi connectivity index (χ0v) is 13.6. The van der Waals surface area contributed by atoms with Gasteiger partial charge in [0.25, 0.3) is 0 Å². The summed E-state index contributed by atoms with van der Waals surface area (Å²) in [6.07, 6.45) is 5.70. The smallest absolute Gasteiger partial charge is 0.235 e. The molecule has 0 aliphatic rings. The van der Waals surface area contributed by atoms with E-state index in [4.69, 9.17) is 0 Å². The number of hydrogen-bond donors (Lipinski definition) is 0. The van der Waals surface area contributed by atoms with Gasteiger partial charge in [0.05, 0.1) is 0 Å². The number of aryl methyl sites for hydroxylation is 1. The number of pyridine rings is 1. The van der Waals surface area contributed by atoms with Gasteiger partial charge in [-0.25, -0.2) is 12.7 Å². The standard InChI is InChI=1S/C17H20N2O2S/c1-15-3-5-16(6-4-15)10-14-22(20,21)19(2)13-9-17-7-11-18-12-8-17/h3-8,10-12,14H,9,13H2,1-2H3/b14-10+. The fourth-order valence-electron chi connectivity index (χ4n) is 1.91. The largest absolute Gasteiger partial charge is 0.265 e. The normalized spacial score (nSPS) is 12.1. The van der Waals surface area contributed by atoms with Crippen molar-refractivity contribution in [2.75, 3.05) is 13.6 Å². The van der Waals surface area contributed by atoms with Crippen molar-refractivity contribution in [2.45, 2.75) is 13.3 Å². The second-order valence-electron chi connectivity index (χ2n) is 5.19. The molecule has 5 heteroatoms. The van der Waals surface area contributed by atoms with Gasteiger partial charge >= 0.3 is 0 Å². The van der Waals surface area contributed by atoms with Crippen LogP contribution in [-0.2, 0) is 16.4 Å². The average molecular weight is 316 g/mol. The number of hydrogen-bond acceptors (Lipinski definition) is 3. The molecule has 22 heavy (non-hydrogen) atoms. The lowest BCUT2D eigenvalue weighted by molar-refractivity contribution is 0.481. The lowest BCUT2D eigenvalue weighted by atomic mass is 10.2. The Kier molecular flexibility index (Phi) is 5.46. The van der Waals surface area contributed by atoms with E-state index in [1.807, 2.05) is 43.3 Å². The summed E-state index contributed by atoms with van der Waals surface area (Å²) in [4.78, 5) is 3.95. The summed E-state index contributed by atoms with van der Waals surface area (Å²) in [6.45, 7) is 2.43. The van der Waals surface area contributed by atoms with Crippen LogP contribution in [0.3, 0.4) is 0 Å². The molecule has 0 saturated carbocycles. The zero-order chi connectivity index (χ0) is 16.0. The van der Waals surface area contributed by atoms with Gasteiger partial charge in [-0.2, -0.15) is 0 Å². The van der Waals surface area contributed by atoms with Crippen LogP contribution >= 0.6 is 0 Å². The monoisotopic (exact) mass is 316 g/mol. The second kappa shape index (κ2) is 7.33. The molecule has 4 nitrogen and oxygen atoms in total. The summed E-state index contributed by atoms with van der Waals surface area (Å²) in [5.74, 6) is 0. The van der Waals surface area contributed by atoms with E-state index in [-0.39, 0.29) is 0 Å². The lowest BCUT2D eigenvalue weighted by Gasteiger charge is -2.14. The van der Waals surface area contributed by atoms with Gasteiger partial charge in [-0.3, -0.25) is 4.98 Å². The molecule has 0 unspecified atom stereocenters. The first-order chi connectivity index (χ1) is 10.5. The van der Waals surface area contributed by atoms with Gasteiger partial charge < -0.3 is 0 Å². The molecular formula is C17H20N2O2S. The van der Waals surface area contributed by atoms with Gasteiger partial charge in [0.2, 0.25) is 10.0 Å². The van der Waals surface area contributed by atoms with Crippen molar-refractivity contribution < 1.29 is 8.42 Å². The number of aromatic nitrogens is 1. The molecule has 0 bridgehead atoms. The van der Waals surface area contributed by atoms with Crippen molar-refractivity contribution in [2.24, 2.45) is 0 Å². The van der Waals surface area contributed by atoms with Crippen LogP contribution in [0, 0.1) is 6.92 Å². The summed E-state index contributed by atoms with van der Waals surface area (Å²) in [7, 11) is -1.81. The van der Waals surface area contributed by atoms with Crippen LogP contribution in [0.5, 0.6) is 0 Å². The van der Waals surface area contributed by atoms with E-state index >= 15 is 0 Å². The molecule has 116 valence electrons. The van der Waals surface area contributed by atoms with Gasteiger partial charge in [-0.15, -0.1) is 0 Å². The Morgan fingerprint density at radius 3 is 2.36 bits per heavy atom. The lowest BCUT2D eigenvalue weighted by Crippen LogP contribution is -2.27. The predicted molar refractivity (Wildman–Crippen MR) is 89.7 cm³/mol. The quantitative estimate of drug-likeness (QED) is 0.823. The molecule has 0 spiro atoms. The molecular weight excluding hydrogens is 296 g/mol. The van der Waals surface area contributed by atoms with Crippen LogP contribution in [0.15, 0.2) is 54.2 Å². The maximum absolute atomic E-state index is 12.2. The molecule has 0 atom stereocenters. The highest BCUT2D eigenvalue weighted by atomic mass is 32.2. The molecule has 0 amide bonds. The topological polar surface area (TPSA) is 50.3 Å². The van der Waals surface area contributed by atoms with E-state index in [1.165, 1.54) is 9.71 Å². The van der Waals surface area contributed by atoms with Gasteiger partial charge in [-0.05, 0) is 42.7 Å². The third-order valence-corrected chi connectivity index (χ3v) is 4.94. The van der Waals surface area contributed by atoms with E-state index in [9.17, 15) is 8.42 Å². The van der Waals surface area contributed by atoms with Crippen LogP contribution < -0.4 is 0 Å². The zero-order valence-electron chi connectivity index (χ0n) is 12.8. The van der Waals surface area contributed by atoms with Crippen LogP contribution in [-0.4, -0.2) is 31.3 Å². The number of sulfonamides is 1. The molecule has 0 aliphatic carbocycles. The highest BCUT2D eigenvalue weighted by molar-refractivity contribution is 7.92. The number of nitrogens with zero attached hydrogens (tertiary/aromatic N) is 2. The second-order valence-corrected chi connectivity index (χ2v) is 7.11. The van der Waals surface area contributed by atoms with Gasteiger partial charge in [0.15, 0.2) is 0 Å². The summed E-state index contributed by atoms with van der Waals surface area (Å²) in [6, 6.07) is 11.5. The molecule has 0 fully saturated rings. The van der Waals surface area contributed by atoms with Crippen molar-refractivity contribution in [3.8, 4) is 0 Å². The molecule has 1 aromatic carbocycles. The molecule has 1 heterocycles. The highest BCUT2D eigenvalue weighted by Gasteiger charge is 2.13. The van der Waals surface area contributed by atoms with Crippen molar-refractivity contribution in [1.29, 1.82) is 0 Å². The summed E-state index contributed by atoms with van der Waals surface area (Å²) < 4.78 is 25.8. The minimum atomic E-state index is -3.40. The van der Waals surface area contributed by atoms with E-state index in [0.717, 1.165) is 16.7 Å². The van der Waals surface area contributed by atoms with Crippen molar-refractivity contribution in [3.05, 3.63) is 70.9 Å². The third-order valence-electron chi connectivity index (χ3n) is 3.41. The van der Waals surface area contributed by atoms with E-state index in [2.05, 4.69) is 4.98 Å². The number of likely N-dealkylation sites (N-methyl/N-ethyl adjacent to an activating group) is 1. The average Bonchev–Trinajstić information content (AvgIpc) is 2.53. The summed E-state index contributed by atoms with van der Waals surface area (Å²) in [5.41, 5.74) is 3.09. The Labute approximate surface area is 132 Å². The van der Waals surface area contributed by atoms with Gasteiger partial charge in [0, 0.05) is 31.4 Å². The molecule has 2 rings (SSSR count). The Morgan fingerprint density at radius 2 is 1.73 bits per heavy atom. The van der Waals surface area contributed by atoms with E-state index < -0.39 is 10.0 Å². The van der Waals surface area contributed by atoms with Crippen LogP contribution in [0.25, 0.3) is 6.08 Å². The molecule has 1 aromatic heterocycles. The highest BCUT2D eigenvalue weighted by Crippen LogP contribution is 2.09. The maximum Gasteiger partial charge on any atom is 0.235 e. The Bertz CT molecular complexity index is 723. The number of benzene rings is 1. The minimum absolute atomic E-state index is 0.435. The predicted octanol–water partition coefficient (Wildman–Crippen LogP) is 2.87. The minimum Gasteiger partial charge on any atom is -0.265 e. The van der Waals surface area contributed by atoms with E-state index in [1.54, 1.807) is 25.5 Å². The van der Waals surface area contributed by atoms with Crippen molar-refractivity contribution in [3.63, 3.8) is 0 Å². The summed E-state index contributed by atoms with van der Waals surface area (Å²) >= 11 is 0. The van der Waals surface area contributed by atoms with Crippen molar-refractivity contribution in [1.82, 2.24) is 9.29 Å². The Morgan fingerprint density at radius 1 is 1.09 bits per heavy atom. The van der Waals surface area contributed by atoms with Crippen LogP contribution in [0.4, 0.5) is 0 Å². The SMILES string of the molecule is Cc1ccc(/C=C/S(=O)(=O)N(C)CCc2ccncc2)cc1. The molecule has 0 radical (unpaired) electrons. The number of rotatable bonds is 6. The first-order valence-corrected chi connectivity index (χ1v) is 8.58. The molecule has 0 N–H and O–H groups in total. The Hall–Kier alpha value is -1.98. The van der Waals surface area contributed by atoms with Crippen LogP contribution in [0.2, 0.25) is 0 Å². The van der Waals surface area contributed by atoms with Crippen LogP contribution in [0.1, 0.15) is 16.7 Å². The third kappa shape index (κ3) is 4.79. The first-order valence-electron chi connectivity index (χ1n) is 7.07. The van der Waals surface area contributed by atoms with Gasteiger partial charge in [0.1, 0.15) is 0 Å².